The number of halogens is 1. The van der Waals surface area contributed by atoms with Gasteiger partial charge >= 0.3 is 0 Å². The molecule has 6 heteroatoms. The Hall–Kier alpha value is -3.57. The third-order valence-corrected chi connectivity index (χ3v) is 5.57. The molecule has 1 aliphatic heterocycles. The van der Waals surface area contributed by atoms with Gasteiger partial charge in [0.05, 0.1) is 17.4 Å². The zero-order chi connectivity index (χ0) is 23.7. The molecule has 0 bridgehead atoms. The van der Waals surface area contributed by atoms with E-state index in [0.29, 0.717) is 33.3 Å². The minimum atomic E-state index is -0.407. The van der Waals surface area contributed by atoms with Gasteiger partial charge in [-0.05, 0) is 81.3 Å². The first-order valence-electron chi connectivity index (χ1n) is 10.7. The van der Waals surface area contributed by atoms with Gasteiger partial charge in [-0.25, -0.2) is 4.90 Å². The van der Waals surface area contributed by atoms with Crippen LogP contribution in [-0.2, 0) is 9.59 Å². The van der Waals surface area contributed by atoms with Crippen molar-refractivity contribution in [3.8, 4) is 5.75 Å². The molecule has 4 rings (SSSR count). The van der Waals surface area contributed by atoms with E-state index >= 15 is 0 Å². The van der Waals surface area contributed by atoms with Gasteiger partial charge in [0, 0.05) is 10.7 Å². The zero-order valence-electron chi connectivity index (χ0n) is 19.0. The fraction of sp³-hybridized carbons (Fsp3) is 0.185. The summed E-state index contributed by atoms with van der Waals surface area (Å²) in [4.78, 5) is 28.3. The Bertz CT molecular complexity index is 1250. The number of nitrogens with one attached hydrogen (secondary N) is 1. The van der Waals surface area contributed by atoms with Crippen molar-refractivity contribution in [2.45, 2.75) is 33.8 Å². The van der Waals surface area contributed by atoms with Crippen molar-refractivity contribution in [2.24, 2.45) is 0 Å². The van der Waals surface area contributed by atoms with E-state index in [4.69, 9.17) is 16.3 Å². The van der Waals surface area contributed by atoms with Gasteiger partial charge in [-0.15, -0.1) is 0 Å². The Kier molecular flexibility index (Phi) is 6.25. The van der Waals surface area contributed by atoms with Crippen molar-refractivity contribution in [1.29, 1.82) is 0 Å². The summed E-state index contributed by atoms with van der Waals surface area (Å²) in [5.41, 5.74) is 4.31. The van der Waals surface area contributed by atoms with Crippen LogP contribution in [0.1, 0.15) is 30.5 Å². The molecule has 2 amide bonds. The molecule has 0 aliphatic carbocycles. The van der Waals surface area contributed by atoms with Crippen molar-refractivity contribution in [3.63, 3.8) is 0 Å². The van der Waals surface area contributed by atoms with Crippen LogP contribution in [0.15, 0.2) is 72.4 Å². The number of nitrogens with zero attached hydrogens (tertiary/aromatic N) is 1. The normalized spacial score (nSPS) is 13.8. The molecule has 0 spiro atoms. The highest BCUT2D eigenvalue weighted by molar-refractivity contribution is 6.46. The van der Waals surface area contributed by atoms with Crippen LogP contribution in [0.4, 0.5) is 11.4 Å². The fourth-order valence-corrected chi connectivity index (χ4v) is 3.94. The first kappa shape index (κ1) is 22.6. The van der Waals surface area contributed by atoms with E-state index < -0.39 is 5.91 Å². The summed E-state index contributed by atoms with van der Waals surface area (Å²) in [5.74, 6) is -0.0872. The van der Waals surface area contributed by atoms with Gasteiger partial charge in [-0.3, -0.25) is 9.59 Å². The molecule has 33 heavy (non-hydrogen) atoms. The smallest absolute Gasteiger partial charge is 0.282 e. The van der Waals surface area contributed by atoms with Crippen LogP contribution in [0.2, 0.25) is 5.02 Å². The van der Waals surface area contributed by atoms with Crippen LogP contribution in [-0.4, -0.2) is 17.9 Å². The van der Waals surface area contributed by atoms with E-state index in [1.54, 1.807) is 54.6 Å². The summed E-state index contributed by atoms with van der Waals surface area (Å²) in [5, 5.41) is 3.80. The molecular formula is C27H25ClN2O3. The molecule has 0 saturated carbocycles. The third kappa shape index (κ3) is 4.64. The van der Waals surface area contributed by atoms with Crippen LogP contribution >= 0.6 is 11.6 Å². The Balaban J connectivity index is 1.79. The minimum Gasteiger partial charge on any atom is -0.491 e. The van der Waals surface area contributed by atoms with Gasteiger partial charge in [0.1, 0.15) is 11.4 Å². The zero-order valence-corrected chi connectivity index (χ0v) is 19.7. The second-order valence-corrected chi connectivity index (χ2v) is 8.74. The number of carbonyl (C=O) groups is 2. The lowest BCUT2D eigenvalue weighted by Gasteiger charge is -2.16. The molecule has 0 aromatic heterocycles. The maximum absolute atomic E-state index is 13.6. The van der Waals surface area contributed by atoms with Crippen molar-refractivity contribution < 1.29 is 14.3 Å². The summed E-state index contributed by atoms with van der Waals surface area (Å²) >= 11 is 6.10. The van der Waals surface area contributed by atoms with Crippen molar-refractivity contribution in [2.75, 3.05) is 10.2 Å². The van der Waals surface area contributed by atoms with Crippen molar-refractivity contribution in [1.82, 2.24) is 0 Å². The lowest BCUT2D eigenvalue weighted by Crippen LogP contribution is -2.32. The molecule has 1 aliphatic rings. The molecule has 3 aromatic carbocycles. The molecule has 0 atom stereocenters. The fourth-order valence-electron chi connectivity index (χ4n) is 3.72. The summed E-state index contributed by atoms with van der Waals surface area (Å²) in [6, 6.07) is 19.9. The molecule has 168 valence electrons. The van der Waals surface area contributed by atoms with Crippen LogP contribution in [0.5, 0.6) is 5.75 Å². The van der Waals surface area contributed by atoms with Crippen LogP contribution in [0.25, 0.3) is 5.57 Å². The van der Waals surface area contributed by atoms with E-state index in [-0.39, 0.29) is 17.7 Å². The second-order valence-electron chi connectivity index (χ2n) is 8.31. The standard InChI is InChI=1S/C27H25ClN2O3/c1-16(2)33-22-12-7-19(8-13-22)24-25(29-23-14-9-20(28)15-18(23)4)27(32)30(26(24)31)21-10-5-17(3)6-11-21/h5-16,29H,1-4H3. The van der Waals surface area contributed by atoms with E-state index in [1.807, 2.05) is 39.8 Å². The number of aryl methyl sites for hydroxylation is 2. The molecule has 0 unspecified atom stereocenters. The summed E-state index contributed by atoms with van der Waals surface area (Å²) in [6.45, 7) is 7.75. The lowest BCUT2D eigenvalue weighted by atomic mass is 10.0. The van der Waals surface area contributed by atoms with Gasteiger partial charge in [-0.1, -0.05) is 41.4 Å². The molecule has 3 aromatic rings. The average molecular weight is 461 g/mol. The number of ether oxygens (including phenoxy) is 1. The number of amides is 2. The van der Waals surface area contributed by atoms with Crippen molar-refractivity contribution in [3.05, 3.63) is 94.1 Å². The quantitative estimate of drug-likeness (QED) is 0.449. The first-order chi connectivity index (χ1) is 15.7. The predicted molar refractivity (Wildman–Crippen MR) is 133 cm³/mol. The topological polar surface area (TPSA) is 58.6 Å². The predicted octanol–water partition coefficient (Wildman–Crippen LogP) is 6.14. The highest BCUT2D eigenvalue weighted by Crippen LogP contribution is 2.35. The summed E-state index contributed by atoms with van der Waals surface area (Å²) in [7, 11) is 0. The van der Waals surface area contributed by atoms with Crippen LogP contribution in [0.3, 0.4) is 0 Å². The van der Waals surface area contributed by atoms with Gasteiger partial charge in [0.2, 0.25) is 0 Å². The number of hydrogen-bond acceptors (Lipinski definition) is 4. The molecule has 5 nitrogen and oxygen atoms in total. The number of rotatable bonds is 6. The molecular weight excluding hydrogens is 436 g/mol. The Morgan fingerprint density at radius 1 is 0.879 bits per heavy atom. The van der Waals surface area contributed by atoms with E-state index in [1.165, 1.54) is 4.90 Å². The number of imide groups is 1. The highest BCUT2D eigenvalue weighted by atomic mass is 35.5. The monoisotopic (exact) mass is 460 g/mol. The number of benzene rings is 3. The maximum atomic E-state index is 13.6. The van der Waals surface area contributed by atoms with E-state index in [2.05, 4.69) is 5.32 Å². The molecule has 0 fully saturated rings. The highest BCUT2D eigenvalue weighted by Gasteiger charge is 2.40. The Labute approximate surface area is 198 Å². The molecule has 1 heterocycles. The van der Waals surface area contributed by atoms with Crippen LogP contribution in [0, 0.1) is 13.8 Å². The lowest BCUT2D eigenvalue weighted by molar-refractivity contribution is -0.120. The SMILES string of the molecule is Cc1ccc(N2C(=O)C(Nc3ccc(Cl)cc3C)=C(c3ccc(OC(C)C)cc3)C2=O)cc1. The Morgan fingerprint density at radius 3 is 2.15 bits per heavy atom. The van der Waals surface area contributed by atoms with Gasteiger partial charge in [0.15, 0.2) is 0 Å². The van der Waals surface area contributed by atoms with Gasteiger partial charge in [0.25, 0.3) is 11.8 Å². The summed E-state index contributed by atoms with van der Waals surface area (Å²) in [6.07, 6.45) is 0.0342. The number of anilines is 2. The Morgan fingerprint density at radius 2 is 1.55 bits per heavy atom. The van der Waals surface area contributed by atoms with Gasteiger partial charge in [-0.2, -0.15) is 0 Å². The van der Waals surface area contributed by atoms with E-state index in [9.17, 15) is 9.59 Å². The molecule has 0 radical (unpaired) electrons. The number of carbonyl (C=O) groups excluding carboxylic acids is 2. The van der Waals surface area contributed by atoms with E-state index in [0.717, 1.165) is 11.1 Å². The second kappa shape index (κ2) is 9.12. The first-order valence-corrected chi connectivity index (χ1v) is 11.1. The van der Waals surface area contributed by atoms with Crippen LogP contribution < -0.4 is 15.0 Å². The van der Waals surface area contributed by atoms with Crippen molar-refractivity contribution >= 4 is 40.4 Å². The van der Waals surface area contributed by atoms with Gasteiger partial charge < -0.3 is 10.1 Å². The third-order valence-electron chi connectivity index (χ3n) is 5.34. The largest absolute Gasteiger partial charge is 0.491 e. The summed E-state index contributed by atoms with van der Waals surface area (Å²) < 4.78 is 5.72. The average Bonchev–Trinajstić information content (AvgIpc) is 3.00. The molecule has 0 saturated heterocycles. The minimum absolute atomic E-state index is 0.0342. The number of hydrogen-bond donors (Lipinski definition) is 1. The maximum Gasteiger partial charge on any atom is 0.282 e. The molecule has 1 N–H and O–H groups in total.